The van der Waals surface area contributed by atoms with Gasteiger partial charge in [0.25, 0.3) is 5.91 Å². The number of carbonyl (C=O) groups excluding carboxylic acids is 1. The molecule has 0 N–H and O–H groups in total. The minimum Gasteiger partial charge on any atom is -0.306 e. The van der Waals surface area contributed by atoms with E-state index in [0.717, 1.165) is 6.07 Å². The van der Waals surface area contributed by atoms with Crippen molar-refractivity contribution in [3.63, 3.8) is 0 Å². The van der Waals surface area contributed by atoms with Gasteiger partial charge in [0.15, 0.2) is 0 Å². The molecule has 2 heterocycles. The van der Waals surface area contributed by atoms with Gasteiger partial charge in [-0.1, -0.05) is 12.1 Å². The van der Waals surface area contributed by atoms with E-state index in [4.69, 9.17) is 0 Å². The van der Waals surface area contributed by atoms with Crippen LogP contribution in [0.15, 0.2) is 42.6 Å². The fourth-order valence-corrected chi connectivity index (χ4v) is 2.54. The predicted molar refractivity (Wildman–Crippen MR) is 71.1 cm³/mol. The Bertz CT molecular complexity index is 683. The van der Waals surface area contributed by atoms with E-state index in [1.807, 2.05) is 0 Å². The van der Waals surface area contributed by atoms with E-state index in [0.29, 0.717) is 5.69 Å². The fraction of sp³-hybridized carbons (Fsp3) is 0.200. The molecule has 1 aromatic heterocycles. The summed E-state index contributed by atoms with van der Waals surface area (Å²) in [5.41, 5.74) is 0.0499. The number of anilines is 1. The van der Waals surface area contributed by atoms with Gasteiger partial charge in [0.1, 0.15) is 5.69 Å². The van der Waals surface area contributed by atoms with E-state index in [1.54, 1.807) is 24.3 Å². The van der Waals surface area contributed by atoms with Crippen molar-refractivity contribution in [1.29, 1.82) is 0 Å². The van der Waals surface area contributed by atoms with Crippen LogP contribution in [0.4, 0.5) is 18.9 Å². The van der Waals surface area contributed by atoms with Gasteiger partial charge in [-0.15, -0.1) is 0 Å². The molecule has 0 bridgehead atoms. The second kappa shape index (κ2) is 4.87. The third-order valence-corrected chi connectivity index (χ3v) is 3.46. The first kappa shape index (κ1) is 13.6. The van der Waals surface area contributed by atoms with Crippen LogP contribution < -0.4 is 4.90 Å². The van der Waals surface area contributed by atoms with Crippen molar-refractivity contribution in [3.8, 4) is 0 Å². The van der Waals surface area contributed by atoms with Gasteiger partial charge in [0, 0.05) is 18.4 Å². The Kier molecular flexibility index (Phi) is 3.16. The van der Waals surface area contributed by atoms with Gasteiger partial charge < -0.3 is 4.90 Å². The van der Waals surface area contributed by atoms with E-state index in [-0.39, 0.29) is 30.1 Å². The molecule has 3 rings (SSSR count). The molecule has 6 heteroatoms. The minimum atomic E-state index is -4.41. The van der Waals surface area contributed by atoms with Gasteiger partial charge in [0.2, 0.25) is 0 Å². The Morgan fingerprint density at radius 3 is 2.62 bits per heavy atom. The molecule has 0 saturated carbocycles. The number of halogens is 3. The molecule has 2 aromatic rings. The standard InChI is InChI=1S/C15H11F3N2O/c16-15(17,18)11-4-3-6-13-10(11)7-9-20(13)14(21)12-5-1-2-8-19-12/h1-6,8H,7,9H2. The molecule has 108 valence electrons. The maximum absolute atomic E-state index is 13.0. The molecule has 0 fully saturated rings. The fourth-order valence-electron chi connectivity index (χ4n) is 2.54. The quantitative estimate of drug-likeness (QED) is 0.808. The third-order valence-electron chi connectivity index (χ3n) is 3.46. The second-order valence-electron chi connectivity index (χ2n) is 4.72. The number of alkyl halides is 3. The molecule has 0 saturated heterocycles. The molecule has 3 nitrogen and oxygen atoms in total. The molecule has 1 aromatic carbocycles. The summed E-state index contributed by atoms with van der Waals surface area (Å²) >= 11 is 0. The maximum Gasteiger partial charge on any atom is 0.416 e. The average Bonchev–Trinajstić information content (AvgIpc) is 2.90. The molecule has 0 atom stereocenters. The highest BCUT2D eigenvalue weighted by Crippen LogP contribution is 2.39. The van der Waals surface area contributed by atoms with E-state index >= 15 is 0 Å². The highest BCUT2D eigenvalue weighted by molar-refractivity contribution is 6.06. The molecule has 1 aliphatic heterocycles. The Morgan fingerprint density at radius 2 is 1.95 bits per heavy atom. The lowest BCUT2D eigenvalue weighted by molar-refractivity contribution is -0.138. The van der Waals surface area contributed by atoms with Crippen LogP contribution in [0.3, 0.4) is 0 Å². The first-order valence-electron chi connectivity index (χ1n) is 6.40. The smallest absolute Gasteiger partial charge is 0.306 e. The van der Waals surface area contributed by atoms with E-state index in [1.165, 1.54) is 17.2 Å². The zero-order valence-corrected chi connectivity index (χ0v) is 10.9. The van der Waals surface area contributed by atoms with E-state index < -0.39 is 11.7 Å². The summed E-state index contributed by atoms with van der Waals surface area (Å²) in [7, 11) is 0. The number of rotatable bonds is 1. The number of hydrogen-bond donors (Lipinski definition) is 0. The van der Waals surface area contributed by atoms with Crippen LogP contribution in [-0.2, 0) is 12.6 Å². The van der Waals surface area contributed by atoms with Crippen molar-refractivity contribution in [1.82, 2.24) is 4.98 Å². The zero-order chi connectivity index (χ0) is 15.0. The largest absolute Gasteiger partial charge is 0.416 e. The summed E-state index contributed by atoms with van der Waals surface area (Å²) in [5.74, 6) is -0.381. The normalized spacial score (nSPS) is 14.1. The van der Waals surface area contributed by atoms with Crippen LogP contribution in [0.1, 0.15) is 21.6 Å². The highest BCUT2D eigenvalue weighted by atomic mass is 19.4. The summed E-state index contributed by atoms with van der Waals surface area (Å²) in [6.07, 6.45) is -2.73. The summed E-state index contributed by atoms with van der Waals surface area (Å²) < 4.78 is 38.9. The Hall–Kier alpha value is -2.37. The van der Waals surface area contributed by atoms with Crippen LogP contribution in [0.2, 0.25) is 0 Å². The number of fused-ring (bicyclic) bond motifs is 1. The monoisotopic (exact) mass is 292 g/mol. The van der Waals surface area contributed by atoms with Crippen molar-refractivity contribution in [2.75, 3.05) is 11.4 Å². The molecular formula is C15H11F3N2O. The highest BCUT2D eigenvalue weighted by Gasteiger charge is 2.37. The lowest BCUT2D eigenvalue weighted by Crippen LogP contribution is -2.29. The first-order chi connectivity index (χ1) is 9.98. The summed E-state index contributed by atoms with van der Waals surface area (Å²) in [5, 5.41) is 0. The van der Waals surface area contributed by atoms with Gasteiger partial charge in [-0.2, -0.15) is 13.2 Å². The average molecular weight is 292 g/mol. The molecule has 0 unspecified atom stereocenters. The number of benzene rings is 1. The van der Waals surface area contributed by atoms with Gasteiger partial charge in [-0.3, -0.25) is 9.78 Å². The van der Waals surface area contributed by atoms with Crippen LogP contribution in [0.25, 0.3) is 0 Å². The molecule has 1 amide bonds. The van der Waals surface area contributed by atoms with Gasteiger partial charge in [0.05, 0.1) is 5.56 Å². The first-order valence-corrected chi connectivity index (χ1v) is 6.40. The molecule has 21 heavy (non-hydrogen) atoms. The zero-order valence-electron chi connectivity index (χ0n) is 10.9. The number of aromatic nitrogens is 1. The molecule has 1 aliphatic rings. The molecule has 0 spiro atoms. The third kappa shape index (κ3) is 2.37. The van der Waals surface area contributed by atoms with Gasteiger partial charge in [-0.25, -0.2) is 0 Å². The maximum atomic E-state index is 13.0. The molecule has 0 aliphatic carbocycles. The van der Waals surface area contributed by atoms with Gasteiger partial charge in [-0.05, 0) is 36.2 Å². The van der Waals surface area contributed by atoms with Crippen LogP contribution in [0, 0.1) is 0 Å². The van der Waals surface area contributed by atoms with E-state index in [2.05, 4.69) is 4.98 Å². The topological polar surface area (TPSA) is 33.2 Å². The van der Waals surface area contributed by atoms with Gasteiger partial charge >= 0.3 is 6.18 Å². The van der Waals surface area contributed by atoms with Crippen molar-refractivity contribution in [2.24, 2.45) is 0 Å². The Labute approximate surface area is 119 Å². The van der Waals surface area contributed by atoms with Crippen LogP contribution in [-0.4, -0.2) is 17.4 Å². The predicted octanol–water partition coefficient (Wildman–Crippen LogP) is 3.30. The van der Waals surface area contributed by atoms with Crippen LogP contribution in [0.5, 0.6) is 0 Å². The van der Waals surface area contributed by atoms with Crippen molar-refractivity contribution in [2.45, 2.75) is 12.6 Å². The Balaban J connectivity index is 2.00. The van der Waals surface area contributed by atoms with E-state index in [9.17, 15) is 18.0 Å². The number of amides is 1. The summed E-state index contributed by atoms with van der Waals surface area (Å²) in [6.45, 7) is 0.234. The number of hydrogen-bond acceptors (Lipinski definition) is 2. The summed E-state index contributed by atoms with van der Waals surface area (Å²) in [6, 6.07) is 8.81. The minimum absolute atomic E-state index is 0.175. The lowest BCUT2D eigenvalue weighted by Gasteiger charge is -2.18. The number of pyridine rings is 1. The second-order valence-corrected chi connectivity index (χ2v) is 4.72. The number of nitrogens with zero attached hydrogens (tertiary/aromatic N) is 2. The molecular weight excluding hydrogens is 281 g/mol. The van der Waals surface area contributed by atoms with Crippen LogP contribution >= 0.6 is 0 Å². The summed E-state index contributed by atoms with van der Waals surface area (Å²) in [4.78, 5) is 17.7. The Morgan fingerprint density at radius 1 is 1.14 bits per heavy atom. The van der Waals surface area contributed by atoms with Crippen molar-refractivity contribution in [3.05, 3.63) is 59.4 Å². The van der Waals surface area contributed by atoms with Crippen molar-refractivity contribution < 1.29 is 18.0 Å². The van der Waals surface area contributed by atoms with Crippen molar-refractivity contribution >= 4 is 11.6 Å². The number of carbonyl (C=O) groups is 1. The lowest BCUT2D eigenvalue weighted by atomic mass is 10.0. The SMILES string of the molecule is O=C(c1ccccn1)N1CCc2c1cccc2C(F)(F)F. The molecule has 0 radical (unpaired) electrons.